The van der Waals surface area contributed by atoms with Gasteiger partial charge in [0.2, 0.25) is 0 Å². The number of carbonyl (C=O) groups is 2. The maximum absolute atomic E-state index is 11.2. The summed E-state index contributed by atoms with van der Waals surface area (Å²) in [5.74, 6) is -0.956. The molecule has 15 heavy (non-hydrogen) atoms. The van der Waals surface area contributed by atoms with E-state index in [1.807, 2.05) is 0 Å². The van der Waals surface area contributed by atoms with E-state index in [2.05, 4.69) is 0 Å². The van der Waals surface area contributed by atoms with Crippen LogP contribution in [-0.4, -0.2) is 37.4 Å². The third-order valence-electron chi connectivity index (χ3n) is 1.65. The Balaban J connectivity index is 3.99. The first-order chi connectivity index (χ1) is 7.02. The molecule has 88 valence electrons. The van der Waals surface area contributed by atoms with Gasteiger partial charge in [0.15, 0.2) is 12.2 Å². The van der Waals surface area contributed by atoms with Gasteiger partial charge in [0.25, 0.3) is 0 Å². The van der Waals surface area contributed by atoms with Gasteiger partial charge in [0.1, 0.15) is 0 Å². The number of rotatable bonds is 6. The van der Waals surface area contributed by atoms with Crippen molar-refractivity contribution >= 4 is 11.9 Å². The highest BCUT2D eigenvalue weighted by molar-refractivity contribution is 5.77. The largest absolute Gasteiger partial charge is 0.464 e. The van der Waals surface area contributed by atoms with Crippen LogP contribution in [0.2, 0.25) is 0 Å². The van der Waals surface area contributed by atoms with Gasteiger partial charge < -0.3 is 14.2 Å². The highest BCUT2D eigenvalue weighted by Crippen LogP contribution is 2.02. The molecular formula is C10H18O5. The minimum Gasteiger partial charge on any atom is -0.464 e. The quantitative estimate of drug-likeness (QED) is 0.620. The van der Waals surface area contributed by atoms with Gasteiger partial charge >= 0.3 is 11.9 Å². The lowest BCUT2D eigenvalue weighted by Crippen LogP contribution is -2.32. The Morgan fingerprint density at radius 2 is 1.27 bits per heavy atom. The average molecular weight is 218 g/mol. The molecule has 0 aromatic heterocycles. The van der Waals surface area contributed by atoms with Gasteiger partial charge in [-0.2, -0.15) is 0 Å². The van der Waals surface area contributed by atoms with Crippen molar-refractivity contribution in [2.45, 2.75) is 39.9 Å². The Morgan fingerprint density at radius 3 is 1.53 bits per heavy atom. The molecule has 0 saturated heterocycles. The van der Waals surface area contributed by atoms with Crippen LogP contribution in [0.3, 0.4) is 0 Å². The first kappa shape index (κ1) is 13.9. The van der Waals surface area contributed by atoms with E-state index in [-0.39, 0.29) is 0 Å². The smallest absolute Gasteiger partial charge is 0.334 e. The van der Waals surface area contributed by atoms with Crippen LogP contribution in [0.5, 0.6) is 0 Å². The molecule has 2 atom stereocenters. The van der Waals surface area contributed by atoms with Crippen molar-refractivity contribution in [3.8, 4) is 0 Å². The topological polar surface area (TPSA) is 61.8 Å². The number of carbonyl (C=O) groups excluding carboxylic acids is 2. The van der Waals surface area contributed by atoms with Crippen molar-refractivity contribution in [2.75, 3.05) is 13.2 Å². The van der Waals surface area contributed by atoms with Gasteiger partial charge in [-0.15, -0.1) is 0 Å². The second kappa shape index (κ2) is 7.23. The Morgan fingerprint density at radius 1 is 0.933 bits per heavy atom. The van der Waals surface area contributed by atoms with Gasteiger partial charge in [-0.05, 0) is 27.7 Å². The Labute approximate surface area is 89.7 Å². The summed E-state index contributed by atoms with van der Waals surface area (Å²) >= 11 is 0. The predicted octanol–water partition coefficient (Wildman–Crippen LogP) is 0.906. The van der Waals surface area contributed by atoms with E-state index < -0.39 is 24.1 Å². The molecule has 5 nitrogen and oxygen atoms in total. The Kier molecular flexibility index (Phi) is 6.70. The second-order valence-corrected chi connectivity index (χ2v) is 2.92. The van der Waals surface area contributed by atoms with Crippen LogP contribution in [0.25, 0.3) is 0 Å². The van der Waals surface area contributed by atoms with E-state index >= 15 is 0 Å². The van der Waals surface area contributed by atoms with Gasteiger partial charge in [0.05, 0.1) is 13.2 Å². The summed E-state index contributed by atoms with van der Waals surface area (Å²) in [5.41, 5.74) is 0. The van der Waals surface area contributed by atoms with Crippen LogP contribution in [0, 0.1) is 0 Å². The number of hydrogen-bond acceptors (Lipinski definition) is 5. The Hall–Kier alpha value is -1.10. The van der Waals surface area contributed by atoms with E-state index in [1.165, 1.54) is 13.8 Å². The van der Waals surface area contributed by atoms with Gasteiger partial charge in [-0.3, -0.25) is 0 Å². The lowest BCUT2D eigenvalue weighted by molar-refractivity contribution is -0.169. The normalized spacial score (nSPS) is 14.1. The molecule has 0 unspecified atom stereocenters. The molecule has 0 rings (SSSR count). The Bertz CT molecular complexity index is 192. The maximum Gasteiger partial charge on any atom is 0.334 e. The zero-order chi connectivity index (χ0) is 11.8. The van der Waals surface area contributed by atoms with Crippen molar-refractivity contribution in [2.24, 2.45) is 0 Å². The molecule has 5 heteroatoms. The zero-order valence-corrected chi connectivity index (χ0v) is 9.61. The van der Waals surface area contributed by atoms with E-state index in [0.717, 1.165) is 0 Å². The van der Waals surface area contributed by atoms with Crippen molar-refractivity contribution in [3.05, 3.63) is 0 Å². The summed E-state index contributed by atoms with van der Waals surface area (Å²) < 4.78 is 14.6. The molecule has 0 saturated carbocycles. The lowest BCUT2D eigenvalue weighted by Gasteiger charge is -2.16. The molecule has 0 fully saturated rings. The highest BCUT2D eigenvalue weighted by atomic mass is 16.6. The third-order valence-corrected chi connectivity index (χ3v) is 1.65. The molecule has 0 bridgehead atoms. The molecule has 0 aliphatic rings. The molecule has 0 aliphatic carbocycles. The molecule has 0 aromatic carbocycles. The monoisotopic (exact) mass is 218 g/mol. The molecule has 0 heterocycles. The number of ether oxygens (including phenoxy) is 3. The highest BCUT2D eigenvalue weighted by Gasteiger charge is 2.22. The van der Waals surface area contributed by atoms with Crippen LogP contribution >= 0.6 is 0 Å². The summed E-state index contributed by atoms with van der Waals surface area (Å²) in [6.45, 7) is 7.07. The second-order valence-electron chi connectivity index (χ2n) is 2.92. The molecule has 0 radical (unpaired) electrons. The average Bonchev–Trinajstić information content (AvgIpc) is 2.18. The van der Waals surface area contributed by atoms with Gasteiger partial charge in [0, 0.05) is 0 Å². The predicted molar refractivity (Wildman–Crippen MR) is 53.3 cm³/mol. The third kappa shape index (κ3) is 5.37. The molecule has 0 spiro atoms. The van der Waals surface area contributed by atoms with Crippen LogP contribution < -0.4 is 0 Å². The molecule has 0 aliphatic heterocycles. The maximum atomic E-state index is 11.2. The fourth-order valence-corrected chi connectivity index (χ4v) is 0.937. The summed E-state index contributed by atoms with van der Waals surface area (Å²) in [7, 11) is 0. The van der Waals surface area contributed by atoms with E-state index in [9.17, 15) is 9.59 Å². The fourth-order valence-electron chi connectivity index (χ4n) is 0.937. The summed E-state index contributed by atoms with van der Waals surface area (Å²) in [4.78, 5) is 22.3. The first-order valence-corrected chi connectivity index (χ1v) is 5.01. The summed E-state index contributed by atoms with van der Waals surface area (Å²) in [5, 5.41) is 0. The molecular weight excluding hydrogens is 200 g/mol. The van der Waals surface area contributed by atoms with Crippen molar-refractivity contribution < 1.29 is 23.8 Å². The first-order valence-electron chi connectivity index (χ1n) is 5.01. The minimum absolute atomic E-state index is 0.292. The van der Waals surface area contributed by atoms with Crippen LogP contribution in [0.15, 0.2) is 0 Å². The summed E-state index contributed by atoms with van der Waals surface area (Å²) in [6.07, 6.45) is -1.52. The van der Waals surface area contributed by atoms with E-state index in [0.29, 0.717) is 13.2 Å². The van der Waals surface area contributed by atoms with Gasteiger partial charge in [-0.1, -0.05) is 0 Å². The lowest BCUT2D eigenvalue weighted by atomic mass is 10.3. The molecule has 0 N–H and O–H groups in total. The van der Waals surface area contributed by atoms with E-state index in [1.54, 1.807) is 13.8 Å². The summed E-state index contributed by atoms with van der Waals surface area (Å²) in [6, 6.07) is 0. The van der Waals surface area contributed by atoms with Crippen LogP contribution in [-0.2, 0) is 23.8 Å². The van der Waals surface area contributed by atoms with Crippen molar-refractivity contribution in [1.29, 1.82) is 0 Å². The minimum atomic E-state index is -0.760. The molecule has 0 aromatic rings. The van der Waals surface area contributed by atoms with Crippen molar-refractivity contribution in [1.82, 2.24) is 0 Å². The number of hydrogen-bond donors (Lipinski definition) is 0. The van der Waals surface area contributed by atoms with Crippen molar-refractivity contribution in [3.63, 3.8) is 0 Å². The molecule has 0 amide bonds. The fraction of sp³-hybridized carbons (Fsp3) is 0.800. The standard InChI is InChI=1S/C10H18O5/c1-5-13-9(11)7(3)15-8(4)10(12)14-6-2/h7-8H,5-6H2,1-4H3/t7-,8-/m0/s1. The van der Waals surface area contributed by atoms with Crippen LogP contribution in [0.1, 0.15) is 27.7 Å². The zero-order valence-electron chi connectivity index (χ0n) is 9.61. The number of esters is 2. The van der Waals surface area contributed by atoms with E-state index in [4.69, 9.17) is 14.2 Å². The SMILES string of the molecule is CCOC(=O)[C@H](C)O[C@@H](C)C(=O)OCC. The van der Waals surface area contributed by atoms with Gasteiger partial charge in [-0.25, -0.2) is 9.59 Å². The van der Waals surface area contributed by atoms with Crippen LogP contribution in [0.4, 0.5) is 0 Å².